The smallest absolute Gasteiger partial charge is 0.0994 e. The largest absolute Gasteiger partial charge is 0.388 e. The molecule has 0 amide bonds. The molecule has 0 saturated carbocycles. The summed E-state index contributed by atoms with van der Waals surface area (Å²) in [6, 6.07) is 8.08. The van der Waals surface area contributed by atoms with Gasteiger partial charge in [0.2, 0.25) is 0 Å². The molecule has 3 heteroatoms. The van der Waals surface area contributed by atoms with Gasteiger partial charge in [-0.3, -0.25) is 0 Å². The quantitative estimate of drug-likeness (QED) is 0.913. The van der Waals surface area contributed by atoms with Gasteiger partial charge in [0.15, 0.2) is 0 Å². The number of nitrogens with zero attached hydrogens (tertiary/aromatic N) is 2. The summed E-state index contributed by atoms with van der Waals surface area (Å²) in [7, 11) is 0. The lowest BCUT2D eigenvalue weighted by molar-refractivity contribution is 0.0231. The molecule has 0 aliphatic heterocycles. The van der Waals surface area contributed by atoms with Gasteiger partial charge >= 0.3 is 0 Å². The Morgan fingerprint density at radius 2 is 2.05 bits per heavy atom. The Morgan fingerprint density at radius 1 is 1.37 bits per heavy atom. The van der Waals surface area contributed by atoms with Crippen molar-refractivity contribution < 1.29 is 5.11 Å². The molecule has 1 N–H and O–H groups in total. The highest BCUT2D eigenvalue weighted by atomic mass is 16.3. The first kappa shape index (κ1) is 13.6. The number of hydrogen-bond donors (Lipinski definition) is 1. The number of aliphatic hydroxyl groups is 1. The van der Waals surface area contributed by atoms with E-state index in [0.717, 1.165) is 22.9 Å². The van der Waals surface area contributed by atoms with Crippen molar-refractivity contribution in [3.8, 4) is 6.07 Å². The SMILES string of the molecule is CCC(n1ccc2c(C)c(C#N)ccc21)C(C)(C)O. The molecule has 1 atom stereocenters. The minimum Gasteiger partial charge on any atom is -0.388 e. The van der Waals surface area contributed by atoms with Gasteiger partial charge in [0.05, 0.1) is 23.3 Å². The first-order chi connectivity index (χ1) is 8.90. The van der Waals surface area contributed by atoms with E-state index in [2.05, 4.69) is 17.6 Å². The maximum atomic E-state index is 10.3. The van der Waals surface area contributed by atoms with Crippen LogP contribution in [-0.2, 0) is 0 Å². The summed E-state index contributed by atoms with van der Waals surface area (Å²) in [6.07, 6.45) is 2.86. The predicted octanol–water partition coefficient (Wildman–Crippen LogP) is 3.54. The molecule has 0 aliphatic rings. The van der Waals surface area contributed by atoms with Crippen molar-refractivity contribution in [2.45, 2.75) is 45.8 Å². The number of benzene rings is 1. The van der Waals surface area contributed by atoms with Crippen LogP contribution in [0.15, 0.2) is 24.4 Å². The van der Waals surface area contributed by atoms with Crippen LogP contribution in [0.1, 0.15) is 44.4 Å². The Labute approximate surface area is 114 Å². The molecule has 0 radical (unpaired) electrons. The summed E-state index contributed by atoms with van der Waals surface area (Å²) in [4.78, 5) is 0. The highest BCUT2D eigenvalue weighted by molar-refractivity contribution is 5.85. The van der Waals surface area contributed by atoms with E-state index in [1.54, 1.807) is 0 Å². The lowest BCUT2D eigenvalue weighted by Gasteiger charge is -2.30. The molecule has 1 unspecified atom stereocenters. The van der Waals surface area contributed by atoms with Gasteiger partial charge in [-0.2, -0.15) is 5.26 Å². The second kappa shape index (κ2) is 4.71. The van der Waals surface area contributed by atoms with Gasteiger partial charge in [0, 0.05) is 17.1 Å². The van der Waals surface area contributed by atoms with Gasteiger partial charge < -0.3 is 9.67 Å². The summed E-state index contributed by atoms with van der Waals surface area (Å²) >= 11 is 0. The molecule has 0 fully saturated rings. The first-order valence-electron chi connectivity index (χ1n) is 6.62. The third kappa shape index (κ3) is 2.24. The molecule has 1 aromatic carbocycles. The second-order valence-electron chi connectivity index (χ2n) is 5.58. The number of fused-ring (bicyclic) bond motifs is 1. The zero-order chi connectivity index (χ0) is 14.2. The lowest BCUT2D eigenvalue weighted by atomic mass is 9.96. The van der Waals surface area contributed by atoms with Crippen LogP contribution in [-0.4, -0.2) is 15.3 Å². The van der Waals surface area contributed by atoms with Crippen molar-refractivity contribution in [1.29, 1.82) is 5.26 Å². The highest BCUT2D eigenvalue weighted by Crippen LogP contribution is 2.31. The monoisotopic (exact) mass is 256 g/mol. The van der Waals surface area contributed by atoms with E-state index >= 15 is 0 Å². The van der Waals surface area contributed by atoms with Crippen LogP contribution in [0.5, 0.6) is 0 Å². The standard InChI is InChI=1S/C16H20N2O/c1-5-15(16(3,4)19)18-9-8-13-11(2)12(10-17)6-7-14(13)18/h6-9,15,19H,5H2,1-4H3. The summed E-state index contributed by atoms with van der Waals surface area (Å²) in [5, 5.41) is 20.5. The van der Waals surface area contributed by atoms with Gasteiger partial charge in [-0.1, -0.05) is 6.92 Å². The van der Waals surface area contributed by atoms with Crippen LogP contribution in [0.3, 0.4) is 0 Å². The van der Waals surface area contributed by atoms with Gasteiger partial charge in [-0.05, 0) is 51.0 Å². The van der Waals surface area contributed by atoms with E-state index in [0.29, 0.717) is 5.56 Å². The predicted molar refractivity (Wildman–Crippen MR) is 77.0 cm³/mol. The molecular formula is C16H20N2O. The third-order valence-electron chi connectivity index (χ3n) is 3.83. The maximum Gasteiger partial charge on any atom is 0.0994 e. The molecule has 1 aromatic heterocycles. The van der Waals surface area contributed by atoms with Gasteiger partial charge in [0.25, 0.3) is 0 Å². The summed E-state index contributed by atoms with van der Waals surface area (Å²) in [6.45, 7) is 7.72. The highest BCUT2D eigenvalue weighted by Gasteiger charge is 2.27. The Balaban J connectivity index is 2.65. The number of rotatable bonds is 3. The summed E-state index contributed by atoms with van der Waals surface area (Å²) in [5.41, 5.74) is 2.01. The number of nitriles is 1. The minimum atomic E-state index is -0.775. The fourth-order valence-electron chi connectivity index (χ4n) is 2.81. The molecule has 0 bridgehead atoms. The molecule has 0 saturated heterocycles. The van der Waals surface area contributed by atoms with Crippen LogP contribution in [0.4, 0.5) is 0 Å². The molecule has 1 heterocycles. The van der Waals surface area contributed by atoms with E-state index in [-0.39, 0.29) is 6.04 Å². The van der Waals surface area contributed by atoms with E-state index < -0.39 is 5.60 Å². The Morgan fingerprint density at radius 3 is 2.58 bits per heavy atom. The zero-order valence-electron chi connectivity index (χ0n) is 11.9. The van der Waals surface area contributed by atoms with Gasteiger partial charge in [0.1, 0.15) is 0 Å². The Bertz CT molecular complexity index is 641. The molecule has 100 valence electrons. The Kier molecular flexibility index (Phi) is 3.38. The minimum absolute atomic E-state index is 0.0253. The molecule has 0 spiro atoms. The molecule has 3 nitrogen and oxygen atoms in total. The molecular weight excluding hydrogens is 236 g/mol. The third-order valence-corrected chi connectivity index (χ3v) is 3.83. The van der Waals surface area contributed by atoms with Gasteiger partial charge in [-0.25, -0.2) is 0 Å². The maximum absolute atomic E-state index is 10.3. The van der Waals surface area contributed by atoms with Crippen molar-refractivity contribution >= 4 is 10.9 Å². The number of aromatic nitrogens is 1. The second-order valence-corrected chi connectivity index (χ2v) is 5.58. The zero-order valence-corrected chi connectivity index (χ0v) is 11.9. The average Bonchev–Trinajstić information content (AvgIpc) is 2.74. The first-order valence-corrected chi connectivity index (χ1v) is 6.62. The van der Waals surface area contributed by atoms with Crippen molar-refractivity contribution in [3.05, 3.63) is 35.5 Å². The molecule has 2 rings (SSSR count). The Hall–Kier alpha value is -1.79. The molecule has 0 aliphatic carbocycles. The molecule has 2 aromatic rings. The van der Waals surface area contributed by atoms with E-state index in [1.807, 2.05) is 45.2 Å². The van der Waals surface area contributed by atoms with Crippen molar-refractivity contribution in [3.63, 3.8) is 0 Å². The van der Waals surface area contributed by atoms with E-state index in [4.69, 9.17) is 5.26 Å². The fraction of sp³-hybridized carbons (Fsp3) is 0.438. The van der Waals surface area contributed by atoms with Crippen LogP contribution < -0.4 is 0 Å². The lowest BCUT2D eigenvalue weighted by Crippen LogP contribution is -2.32. The molecule has 19 heavy (non-hydrogen) atoms. The van der Waals surface area contributed by atoms with Crippen LogP contribution in [0.2, 0.25) is 0 Å². The van der Waals surface area contributed by atoms with Crippen LogP contribution >= 0.6 is 0 Å². The summed E-state index contributed by atoms with van der Waals surface area (Å²) in [5.74, 6) is 0. The number of aryl methyl sites for hydroxylation is 1. The van der Waals surface area contributed by atoms with Crippen LogP contribution in [0.25, 0.3) is 10.9 Å². The van der Waals surface area contributed by atoms with E-state index in [1.165, 1.54) is 0 Å². The fourth-order valence-corrected chi connectivity index (χ4v) is 2.81. The van der Waals surface area contributed by atoms with Crippen LogP contribution in [0, 0.1) is 18.3 Å². The van der Waals surface area contributed by atoms with E-state index in [9.17, 15) is 5.11 Å². The van der Waals surface area contributed by atoms with Crippen molar-refractivity contribution in [2.24, 2.45) is 0 Å². The average molecular weight is 256 g/mol. The topological polar surface area (TPSA) is 49.0 Å². The van der Waals surface area contributed by atoms with Crippen molar-refractivity contribution in [1.82, 2.24) is 4.57 Å². The van der Waals surface area contributed by atoms with Crippen molar-refractivity contribution in [2.75, 3.05) is 0 Å². The summed E-state index contributed by atoms with van der Waals surface area (Å²) < 4.78 is 2.11. The number of hydrogen-bond acceptors (Lipinski definition) is 2. The normalized spacial score (nSPS) is 13.5. The van der Waals surface area contributed by atoms with Gasteiger partial charge in [-0.15, -0.1) is 0 Å².